The molecule has 0 spiro atoms. The van der Waals surface area contributed by atoms with Crippen LogP contribution in [0.3, 0.4) is 0 Å². The summed E-state index contributed by atoms with van der Waals surface area (Å²) in [5.74, 6) is 0. The fraction of sp³-hybridized carbons (Fsp3) is 0.700. The SMILES string of the molecule is CC(C)(C#N)CCNCCn1ccnn1. The number of nitrogens with zero attached hydrogens (tertiary/aromatic N) is 4. The molecule has 0 aliphatic carbocycles. The number of hydrogen-bond donors (Lipinski definition) is 1. The van der Waals surface area contributed by atoms with Gasteiger partial charge in [-0.15, -0.1) is 5.10 Å². The Balaban J connectivity index is 2.06. The molecule has 0 amide bonds. The van der Waals surface area contributed by atoms with Gasteiger partial charge < -0.3 is 5.32 Å². The van der Waals surface area contributed by atoms with Gasteiger partial charge in [-0.2, -0.15) is 5.26 Å². The molecule has 1 aromatic rings. The van der Waals surface area contributed by atoms with Crippen LogP contribution in [0.2, 0.25) is 0 Å². The molecule has 5 nitrogen and oxygen atoms in total. The van der Waals surface area contributed by atoms with E-state index in [1.54, 1.807) is 10.9 Å². The van der Waals surface area contributed by atoms with Crippen molar-refractivity contribution in [1.29, 1.82) is 5.26 Å². The van der Waals surface area contributed by atoms with Gasteiger partial charge in [0.25, 0.3) is 0 Å². The lowest BCUT2D eigenvalue weighted by Crippen LogP contribution is -2.25. The van der Waals surface area contributed by atoms with Crippen molar-refractivity contribution in [1.82, 2.24) is 20.3 Å². The third-order valence-electron chi connectivity index (χ3n) is 2.22. The Hall–Kier alpha value is -1.41. The monoisotopic (exact) mass is 207 g/mol. The van der Waals surface area contributed by atoms with Crippen molar-refractivity contribution in [3.8, 4) is 6.07 Å². The standard InChI is InChI=1S/C10H17N5/c1-10(2,9-11)3-4-12-5-7-15-8-6-13-14-15/h6,8,12H,3-5,7H2,1-2H3. The molecular formula is C10H17N5. The highest BCUT2D eigenvalue weighted by molar-refractivity contribution is 4.91. The molecule has 0 aromatic carbocycles. The maximum atomic E-state index is 8.80. The maximum absolute atomic E-state index is 8.80. The topological polar surface area (TPSA) is 66.5 Å². The molecule has 0 radical (unpaired) electrons. The van der Waals surface area contributed by atoms with Crippen molar-refractivity contribution in [2.24, 2.45) is 5.41 Å². The second-order valence-electron chi connectivity index (χ2n) is 4.16. The number of aromatic nitrogens is 3. The second kappa shape index (κ2) is 5.47. The van der Waals surface area contributed by atoms with Crippen LogP contribution in [0.1, 0.15) is 20.3 Å². The molecule has 1 N–H and O–H groups in total. The van der Waals surface area contributed by atoms with Crippen LogP contribution in [-0.2, 0) is 6.54 Å². The Labute approximate surface area is 90.1 Å². The van der Waals surface area contributed by atoms with Gasteiger partial charge in [0.05, 0.1) is 24.2 Å². The summed E-state index contributed by atoms with van der Waals surface area (Å²) in [6.45, 7) is 6.42. The first-order valence-corrected chi connectivity index (χ1v) is 5.10. The van der Waals surface area contributed by atoms with Crippen molar-refractivity contribution >= 4 is 0 Å². The number of hydrogen-bond acceptors (Lipinski definition) is 4. The van der Waals surface area contributed by atoms with Gasteiger partial charge in [0.1, 0.15) is 0 Å². The van der Waals surface area contributed by atoms with E-state index in [1.807, 2.05) is 20.0 Å². The van der Waals surface area contributed by atoms with E-state index in [1.165, 1.54) is 0 Å². The largest absolute Gasteiger partial charge is 0.315 e. The van der Waals surface area contributed by atoms with Crippen LogP contribution in [-0.4, -0.2) is 28.1 Å². The summed E-state index contributed by atoms with van der Waals surface area (Å²) in [6.07, 6.45) is 4.36. The first kappa shape index (κ1) is 11.7. The fourth-order valence-electron chi connectivity index (χ4n) is 1.13. The summed E-state index contributed by atoms with van der Waals surface area (Å²) in [6, 6.07) is 2.28. The minimum atomic E-state index is -0.236. The lowest BCUT2D eigenvalue weighted by atomic mass is 9.92. The summed E-state index contributed by atoms with van der Waals surface area (Å²) in [5.41, 5.74) is -0.236. The lowest BCUT2D eigenvalue weighted by Gasteiger charge is -2.14. The average Bonchev–Trinajstić information content (AvgIpc) is 2.70. The predicted molar refractivity (Wildman–Crippen MR) is 56.9 cm³/mol. The summed E-state index contributed by atoms with van der Waals surface area (Å²) in [5, 5.41) is 19.6. The normalized spacial score (nSPS) is 11.3. The van der Waals surface area contributed by atoms with E-state index in [2.05, 4.69) is 21.7 Å². The minimum absolute atomic E-state index is 0.236. The van der Waals surface area contributed by atoms with E-state index in [9.17, 15) is 0 Å². The van der Waals surface area contributed by atoms with Crippen LogP contribution in [0, 0.1) is 16.7 Å². The predicted octanol–water partition coefficient (Wildman–Crippen LogP) is 0.808. The quantitative estimate of drug-likeness (QED) is 0.701. The smallest absolute Gasteiger partial charge is 0.0692 e. The van der Waals surface area contributed by atoms with Crippen LogP contribution >= 0.6 is 0 Å². The molecule has 0 fully saturated rings. The van der Waals surface area contributed by atoms with E-state index in [-0.39, 0.29) is 5.41 Å². The molecule has 0 unspecified atom stereocenters. The molecule has 0 aliphatic heterocycles. The van der Waals surface area contributed by atoms with E-state index in [0.717, 1.165) is 26.1 Å². The molecule has 0 bridgehead atoms. The van der Waals surface area contributed by atoms with Crippen LogP contribution in [0.25, 0.3) is 0 Å². The number of nitriles is 1. The summed E-state index contributed by atoms with van der Waals surface area (Å²) >= 11 is 0. The van der Waals surface area contributed by atoms with Gasteiger partial charge in [0.15, 0.2) is 0 Å². The summed E-state index contributed by atoms with van der Waals surface area (Å²) in [4.78, 5) is 0. The lowest BCUT2D eigenvalue weighted by molar-refractivity contribution is 0.425. The highest BCUT2D eigenvalue weighted by Crippen LogP contribution is 2.16. The first-order chi connectivity index (χ1) is 7.14. The molecule has 0 saturated heterocycles. The van der Waals surface area contributed by atoms with E-state index < -0.39 is 0 Å². The van der Waals surface area contributed by atoms with Gasteiger partial charge >= 0.3 is 0 Å². The van der Waals surface area contributed by atoms with Crippen molar-refractivity contribution in [3.05, 3.63) is 12.4 Å². The molecule has 1 rings (SSSR count). The molecule has 1 aromatic heterocycles. The molecule has 1 heterocycles. The van der Waals surface area contributed by atoms with E-state index in [4.69, 9.17) is 5.26 Å². The van der Waals surface area contributed by atoms with Crippen molar-refractivity contribution in [2.45, 2.75) is 26.8 Å². The third kappa shape index (κ3) is 4.56. The fourth-order valence-corrected chi connectivity index (χ4v) is 1.13. The molecule has 0 atom stereocenters. The molecule has 82 valence electrons. The van der Waals surface area contributed by atoms with E-state index in [0.29, 0.717) is 0 Å². The van der Waals surface area contributed by atoms with E-state index >= 15 is 0 Å². The Morgan fingerprint density at radius 3 is 2.87 bits per heavy atom. The van der Waals surface area contributed by atoms with Crippen LogP contribution in [0.5, 0.6) is 0 Å². The van der Waals surface area contributed by atoms with Crippen molar-refractivity contribution in [3.63, 3.8) is 0 Å². The summed E-state index contributed by atoms with van der Waals surface area (Å²) in [7, 11) is 0. The van der Waals surface area contributed by atoms with Gasteiger partial charge in [0, 0.05) is 12.7 Å². The van der Waals surface area contributed by atoms with Crippen molar-refractivity contribution < 1.29 is 0 Å². The Morgan fingerprint density at radius 1 is 1.47 bits per heavy atom. The molecular weight excluding hydrogens is 190 g/mol. The van der Waals surface area contributed by atoms with Crippen LogP contribution in [0.4, 0.5) is 0 Å². The van der Waals surface area contributed by atoms with Gasteiger partial charge in [-0.3, -0.25) is 4.68 Å². The van der Waals surface area contributed by atoms with Gasteiger partial charge in [-0.05, 0) is 26.8 Å². The zero-order valence-corrected chi connectivity index (χ0v) is 9.27. The maximum Gasteiger partial charge on any atom is 0.0692 e. The van der Waals surface area contributed by atoms with Gasteiger partial charge in [0.2, 0.25) is 0 Å². The highest BCUT2D eigenvalue weighted by Gasteiger charge is 2.15. The zero-order chi connectivity index (χ0) is 11.1. The van der Waals surface area contributed by atoms with Gasteiger partial charge in [-0.25, -0.2) is 0 Å². The molecule has 0 saturated carbocycles. The molecule has 15 heavy (non-hydrogen) atoms. The third-order valence-corrected chi connectivity index (χ3v) is 2.22. The first-order valence-electron chi connectivity index (χ1n) is 5.10. The number of rotatable bonds is 6. The second-order valence-corrected chi connectivity index (χ2v) is 4.16. The zero-order valence-electron chi connectivity index (χ0n) is 9.27. The van der Waals surface area contributed by atoms with Crippen LogP contribution in [0.15, 0.2) is 12.4 Å². The highest BCUT2D eigenvalue weighted by atomic mass is 15.4. The van der Waals surface area contributed by atoms with Gasteiger partial charge in [-0.1, -0.05) is 5.21 Å². The summed E-state index contributed by atoms with van der Waals surface area (Å²) < 4.78 is 1.78. The number of nitrogens with one attached hydrogen (secondary N) is 1. The van der Waals surface area contributed by atoms with Crippen molar-refractivity contribution in [2.75, 3.05) is 13.1 Å². The Morgan fingerprint density at radius 2 is 2.27 bits per heavy atom. The average molecular weight is 207 g/mol. The minimum Gasteiger partial charge on any atom is -0.315 e. The van der Waals surface area contributed by atoms with Crippen LogP contribution < -0.4 is 5.32 Å². The molecule has 5 heteroatoms. The molecule has 0 aliphatic rings. The Bertz CT molecular complexity index is 309. The Kier molecular flexibility index (Phi) is 4.25.